The van der Waals surface area contributed by atoms with Crippen LogP contribution in [0.2, 0.25) is 0 Å². The van der Waals surface area contributed by atoms with E-state index in [9.17, 15) is 17.2 Å². The standard InChI is InChI=1S/C22H27F2N7O3S/c1-4-34-13-7-15(23)14(16(24)8-13)9-31-19(12-5-6-12)10(2)18(30-31)22-28-20(25)17(21(26)29-22)11(3)35(27,32)33/h7-8,11-12H,4-6,9H2,1-3H3,(H2,27,32,33)(H4,25,26,28,29). The second-order valence-electron chi connectivity index (χ2n) is 8.55. The van der Waals surface area contributed by atoms with Crippen LogP contribution >= 0.6 is 0 Å². The van der Waals surface area contributed by atoms with Crippen molar-refractivity contribution in [3.8, 4) is 17.3 Å². The molecule has 0 bridgehead atoms. The maximum absolute atomic E-state index is 14.7. The van der Waals surface area contributed by atoms with Crippen molar-refractivity contribution in [2.45, 2.75) is 51.3 Å². The van der Waals surface area contributed by atoms with E-state index < -0.39 is 26.9 Å². The molecular weight excluding hydrogens is 480 g/mol. The Bertz CT molecular complexity index is 1360. The number of nitrogen functional groups attached to an aromatic ring is 2. The van der Waals surface area contributed by atoms with E-state index in [1.807, 2.05) is 6.92 Å². The van der Waals surface area contributed by atoms with E-state index in [4.69, 9.17) is 21.3 Å². The van der Waals surface area contributed by atoms with Crippen LogP contribution in [0.25, 0.3) is 11.5 Å². The van der Waals surface area contributed by atoms with Crippen LogP contribution in [0.3, 0.4) is 0 Å². The minimum atomic E-state index is -3.98. The van der Waals surface area contributed by atoms with Gasteiger partial charge in [-0.25, -0.2) is 32.3 Å². The van der Waals surface area contributed by atoms with Gasteiger partial charge in [0.25, 0.3) is 0 Å². The summed E-state index contributed by atoms with van der Waals surface area (Å²) in [6.45, 7) is 5.01. The monoisotopic (exact) mass is 507 g/mol. The van der Waals surface area contributed by atoms with E-state index in [1.54, 1.807) is 11.6 Å². The lowest BCUT2D eigenvalue weighted by Crippen LogP contribution is -2.22. The summed E-state index contributed by atoms with van der Waals surface area (Å²) in [4.78, 5) is 8.47. The number of nitrogens with zero attached hydrogens (tertiary/aromatic N) is 4. The van der Waals surface area contributed by atoms with Crippen LogP contribution in [0.5, 0.6) is 5.75 Å². The molecule has 0 saturated heterocycles. The lowest BCUT2D eigenvalue weighted by molar-refractivity contribution is 0.335. The van der Waals surface area contributed by atoms with Gasteiger partial charge in [-0.3, -0.25) is 4.68 Å². The highest BCUT2D eigenvalue weighted by atomic mass is 32.2. The summed E-state index contributed by atoms with van der Waals surface area (Å²) in [6, 6.07) is 2.29. The first-order valence-electron chi connectivity index (χ1n) is 11.0. The summed E-state index contributed by atoms with van der Waals surface area (Å²) in [7, 11) is -3.98. The number of ether oxygens (including phenoxy) is 1. The first kappa shape index (κ1) is 24.8. The van der Waals surface area contributed by atoms with E-state index in [1.165, 1.54) is 6.92 Å². The van der Waals surface area contributed by atoms with Gasteiger partial charge in [0.2, 0.25) is 10.0 Å². The van der Waals surface area contributed by atoms with E-state index in [0.29, 0.717) is 5.69 Å². The lowest BCUT2D eigenvalue weighted by atomic mass is 10.1. The first-order valence-corrected chi connectivity index (χ1v) is 12.7. The summed E-state index contributed by atoms with van der Waals surface area (Å²) in [5.74, 6) is -1.39. The number of hydrogen-bond acceptors (Lipinski definition) is 8. The van der Waals surface area contributed by atoms with Gasteiger partial charge in [-0.2, -0.15) is 5.10 Å². The molecule has 6 N–H and O–H groups in total. The number of primary sulfonamides is 1. The van der Waals surface area contributed by atoms with E-state index in [-0.39, 0.29) is 53.4 Å². The van der Waals surface area contributed by atoms with Crippen molar-refractivity contribution in [3.63, 3.8) is 0 Å². The van der Waals surface area contributed by atoms with Crippen molar-refractivity contribution in [1.29, 1.82) is 0 Å². The van der Waals surface area contributed by atoms with Gasteiger partial charge in [-0.05, 0) is 33.6 Å². The Hall–Kier alpha value is -3.32. The first-order chi connectivity index (χ1) is 16.4. The molecule has 2 aromatic heterocycles. The molecule has 35 heavy (non-hydrogen) atoms. The van der Waals surface area contributed by atoms with Crippen molar-refractivity contribution < 1.29 is 21.9 Å². The van der Waals surface area contributed by atoms with Gasteiger partial charge in [-0.15, -0.1) is 0 Å². The fraction of sp³-hybridized carbons (Fsp3) is 0.409. The van der Waals surface area contributed by atoms with E-state index in [2.05, 4.69) is 15.1 Å². The Balaban J connectivity index is 1.78. The molecular formula is C22H27F2N7O3S. The van der Waals surface area contributed by atoms with E-state index in [0.717, 1.165) is 36.2 Å². The lowest BCUT2D eigenvalue weighted by Gasteiger charge is -2.14. The summed E-state index contributed by atoms with van der Waals surface area (Å²) >= 11 is 0. The summed E-state index contributed by atoms with van der Waals surface area (Å²) < 4.78 is 59.8. The third-order valence-electron chi connectivity index (χ3n) is 6.05. The number of aromatic nitrogens is 4. The Morgan fingerprint density at radius 1 is 1.17 bits per heavy atom. The van der Waals surface area contributed by atoms with Crippen molar-refractivity contribution in [1.82, 2.24) is 19.7 Å². The highest BCUT2D eigenvalue weighted by Gasteiger charge is 2.33. The van der Waals surface area contributed by atoms with Gasteiger partial charge in [0.05, 0.1) is 18.7 Å². The van der Waals surface area contributed by atoms with E-state index >= 15 is 0 Å². The quantitative estimate of drug-likeness (QED) is 0.419. The molecule has 2 heterocycles. The van der Waals surface area contributed by atoms with Crippen molar-refractivity contribution in [3.05, 3.63) is 46.2 Å². The SMILES string of the molecule is CCOc1cc(F)c(Cn2nc(-c3nc(N)c(C(C)S(N)(=O)=O)c(N)n3)c(C)c2C2CC2)c(F)c1. The second-order valence-corrected chi connectivity index (χ2v) is 10.4. The molecule has 1 saturated carbocycles. The average molecular weight is 508 g/mol. The van der Waals surface area contributed by atoms with Gasteiger partial charge >= 0.3 is 0 Å². The van der Waals surface area contributed by atoms with Gasteiger partial charge in [0, 0.05) is 34.9 Å². The summed E-state index contributed by atoms with van der Waals surface area (Å²) in [6.07, 6.45) is 1.83. The fourth-order valence-electron chi connectivity index (χ4n) is 4.09. The van der Waals surface area contributed by atoms with Crippen LogP contribution in [0.15, 0.2) is 12.1 Å². The largest absolute Gasteiger partial charge is 0.494 e. The minimum absolute atomic E-state index is 0.00859. The molecule has 1 aliphatic carbocycles. The zero-order valence-corrected chi connectivity index (χ0v) is 20.4. The molecule has 0 radical (unpaired) electrons. The van der Waals surface area contributed by atoms with Crippen LogP contribution in [-0.4, -0.2) is 34.8 Å². The number of sulfonamides is 1. The Labute approximate surface area is 201 Å². The fourth-order valence-corrected chi connectivity index (χ4v) is 4.66. The second kappa shape index (κ2) is 9.04. The molecule has 10 nitrogen and oxygen atoms in total. The smallest absolute Gasteiger partial charge is 0.216 e. The summed E-state index contributed by atoms with van der Waals surface area (Å²) in [5, 5.41) is 8.58. The minimum Gasteiger partial charge on any atom is -0.494 e. The van der Waals surface area contributed by atoms with Crippen molar-refractivity contribution in [2.75, 3.05) is 18.1 Å². The van der Waals surface area contributed by atoms with Gasteiger partial charge < -0.3 is 16.2 Å². The normalized spacial score (nSPS) is 14.8. The maximum Gasteiger partial charge on any atom is 0.216 e. The maximum atomic E-state index is 14.7. The third kappa shape index (κ3) is 4.78. The Morgan fingerprint density at radius 2 is 1.74 bits per heavy atom. The molecule has 0 amide bonds. The molecule has 188 valence electrons. The predicted molar refractivity (Wildman–Crippen MR) is 127 cm³/mol. The molecule has 1 aromatic carbocycles. The van der Waals surface area contributed by atoms with Crippen LogP contribution in [0, 0.1) is 18.6 Å². The predicted octanol–water partition coefficient (Wildman–Crippen LogP) is 2.77. The van der Waals surface area contributed by atoms with Crippen LogP contribution in [-0.2, 0) is 16.6 Å². The Kier molecular flexibility index (Phi) is 6.40. The zero-order chi connectivity index (χ0) is 25.7. The van der Waals surface area contributed by atoms with Gasteiger partial charge in [0.1, 0.15) is 40.0 Å². The van der Waals surface area contributed by atoms with Crippen molar-refractivity contribution in [2.24, 2.45) is 5.14 Å². The molecule has 1 aliphatic rings. The van der Waals surface area contributed by atoms with Crippen LogP contribution in [0.1, 0.15) is 60.2 Å². The van der Waals surface area contributed by atoms with Crippen LogP contribution < -0.4 is 21.3 Å². The summed E-state index contributed by atoms with van der Waals surface area (Å²) in [5.41, 5.74) is 13.8. The Morgan fingerprint density at radius 3 is 2.23 bits per heavy atom. The molecule has 1 atom stereocenters. The number of hydrogen-bond donors (Lipinski definition) is 3. The highest BCUT2D eigenvalue weighted by molar-refractivity contribution is 7.89. The molecule has 1 fully saturated rings. The number of nitrogens with two attached hydrogens (primary N) is 3. The third-order valence-corrected chi connectivity index (χ3v) is 7.27. The van der Waals surface area contributed by atoms with Crippen molar-refractivity contribution >= 4 is 21.7 Å². The molecule has 1 unspecified atom stereocenters. The number of benzene rings is 1. The molecule has 0 spiro atoms. The van der Waals surface area contributed by atoms with Gasteiger partial charge in [-0.1, -0.05) is 0 Å². The molecule has 4 rings (SSSR count). The zero-order valence-electron chi connectivity index (χ0n) is 19.5. The molecule has 0 aliphatic heterocycles. The number of anilines is 2. The molecule has 3 aromatic rings. The topological polar surface area (TPSA) is 165 Å². The number of halogens is 2. The van der Waals surface area contributed by atoms with Gasteiger partial charge in [0.15, 0.2) is 5.82 Å². The number of rotatable bonds is 8. The van der Waals surface area contributed by atoms with Crippen LogP contribution in [0.4, 0.5) is 20.4 Å². The average Bonchev–Trinajstić information content (AvgIpc) is 3.52. The highest BCUT2D eigenvalue weighted by Crippen LogP contribution is 2.44. The molecule has 13 heteroatoms.